The number of fused-ring (bicyclic) bond motifs is 5. The van der Waals surface area contributed by atoms with E-state index in [-0.39, 0.29) is 65.1 Å². The lowest BCUT2D eigenvalue weighted by Crippen LogP contribution is -2.69. The number of phenols is 1. The molecule has 11 rings (SSSR count). The lowest BCUT2D eigenvalue weighted by Gasteiger charge is -2.57. The number of carbonyl (C=O) groups excluding carboxylic acids is 3. The average Bonchev–Trinajstić information content (AvgIpc) is 3.99. The molecule has 13 nitrogen and oxygen atoms in total. The standard InChI is InChI=1S/C57H81N3O10/c1-34(62)28-36-10-8-11-37-29-44-45(54(33-61)20-6-7-21-54)32-68-50-46(65)19-18-42(47(44)50)48(37)55(24-26-59-27-25-55)51-43(49(69-35(2)63)41(36)17-15-40(64)31-58-3)16-14-38-13-9-22-56(38)30-39-12-4-5-23-57(39,53(67)70-51)60-52(56)66/h14,16,18-19,34,36-41,43-45,48-49,51,58-59,61-62,64-65H,4-7,9-10,12-13,15,17,20-33H2,1-3H3,(H,60,66). The van der Waals surface area contributed by atoms with E-state index in [1.54, 1.807) is 13.0 Å². The van der Waals surface area contributed by atoms with Crippen molar-refractivity contribution in [1.29, 1.82) is 0 Å². The summed E-state index contributed by atoms with van der Waals surface area (Å²) < 4.78 is 21.1. The van der Waals surface area contributed by atoms with Crippen molar-refractivity contribution < 1.29 is 49.0 Å². The van der Waals surface area contributed by atoms with Gasteiger partial charge in [-0.15, -0.1) is 5.92 Å². The number of amides is 1. The number of carbonyl (C=O) groups is 3. The molecule has 2 bridgehead atoms. The van der Waals surface area contributed by atoms with Gasteiger partial charge in [0.05, 0.1) is 30.1 Å². The average molecular weight is 968 g/mol. The Hall–Kier alpha value is -3.67. The molecule has 3 saturated carbocycles. The molecule has 5 heterocycles. The molecule has 15 atom stereocenters. The fraction of sp³-hybridized carbons (Fsp3) is 0.772. The monoisotopic (exact) mass is 968 g/mol. The number of aromatic hydroxyl groups is 1. The Morgan fingerprint density at radius 2 is 1.80 bits per heavy atom. The van der Waals surface area contributed by atoms with Crippen LogP contribution in [0.1, 0.15) is 159 Å². The highest BCUT2D eigenvalue weighted by atomic mass is 16.6. The molecular formula is C57H81N3O10. The van der Waals surface area contributed by atoms with Crippen LogP contribution in [0.2, 0.25) is 0 Å². The number of nitrogens with one attached hydrogen (secondary N) is 3. The summed E-state index contributed by atoms with van der Waals surface area (Å²) in [5, 5.41) is 56.0. The number of aliphatic hydroxyl groups excluding tert-OH is 3. The first-order chi connectivity index (χ1) is 33.8. The lowest BCUT2D eigenvalue weighted by atomic mass is 9.50. The van der Waals surface area contributed by atoms with E-state index in [4.69, 9.17) is 14.2 Å². The minimum absolute atomic E-state index is 0.00591. The van der Waals surface area contributed by atoms with Gasteiger partial charge in [0.15, 0.2) is 11.5 Å². The van der Waals surface area contributed by atoms with Crippen molar-refractivity contribution in [2.45, 2.75) is 178 Å². The van der Waals surface area contributed by atoms with Crippen molar-refractivity contribution in [3.63, 3.8) is 0 Å². The largest absolute Gasteiger partial charge is 0.504 e. The summed E-state index contributed by atoms with van der Waals surface area (Å²) in [6.07, 6.45) is 14.9. The zero-order chi connectivity index (χ0) is 49.0. The highest BCUT2D eigenvalue weighted by Gasteiger charge is 2.65. The minimum atomic E-state index is -1.21. The summed E-state index contributed by atoms with van der Waals surface area (Å²) in [5.74, 6) is 5.13. The molecule has 2 saturated heterocycles. The number of hydrogen-bond acceptors (Lipinski definition) is 12. The molecule has 15 unspecified atom stereocenters. The first-order valence-electron chi connectivity index (χ1n) is 27.5. The zero-order valence-corrected chi connectivity index (χ0v) is 42.0. The van der Waals surface area contributed by atoms with Crippen LogP contribution in [-0.4, -0.2) is 108 Å². The van der Waals surface area contributed by atoms with Crippen molar-refractivity contribution in [2.24, 2.45) is 57.7 Å². The third kappa shape index (κ3) is 8.49. The van der Waals surface area contributed by atoms with E-state index < -0.39 is 64.6 Å². The maximum absolute atomic E-state index is 16.1. The van der Waals surface area contributed by atoms with Gasteiger partial charge in [-0.05, 0) is 146 Å². The summed E-state index contributed by atoms with van der Waals surface area (Å²) in [6.45, 7) is 5.34. The van der Waals surface area contributed by atoms with E-state index in [2.05, 4.69) is 46.0 Å². The van der Waals surface area contributed by atoms with Gasteiger partial charge in [0.25, 0.3) is 0 Å². The smallest absolute Gasteiger partial charge is 0.332 e. The van der Waals surface area contributed by atoms with E-state index in [0.717, 1.165) is 75.3 Å². The topological polar surface area (TPSA) is 196 Å². The van der Waals surface area contributed by atoms with E-state index in [9.17, 15) is 30.0 Å². The maximum Gasteiger partial charge on any atom is 0.332 e. The minimum Gasteiger partial charge on any atom is -0.504 e. The van der Waals surface area contributed by atoms with Crippen molar-refractivity contribution in [1.82, 2.24) is 16.0 Å². The summed E-state index contributed by atoms with van der Waals surface area (Å²) in [7, 11) is 1.81. The van der Waals surface area contributed by atoms with E-state index in [1.807, 2.05) is 7.05 Å². The number of rotatable bonds is 10. The van der Waals surface area contributed by atoms with Gasteiger partial charge in [0, 0.05) is 66.6 Å². The zero-order valence-electron chi connectivity index (χ0n) is 42.0. The number of ether oxygens (including phenoxy) is 3. The molecule has 1 amide bonds. The Labute approximate surface area is 415 Å². The highest BCUT2D eigenvalue weighted by molar-refractivity contribution is 5.93. The predicted octanol–water partition coefficient (Wildman–Crippen LogP) is 6.55. The first-order valence-corrected chi connectivity index (χ1v) is 27.5. The molecular weight excluding hydrogens is 887 g/mol. The first kappa shape index (κ1) is 49.9. The van der Waals surface area contributed by atoms with Gasteiger partial charge in [0.2, 0.25) is 5.91 Å². The SMILES string of the molecule is CNCC(O)CCC1C(CC(C)O)CC#CC2CC3c4c(ccc(O)c4OCC3C3(CO)CCCC3)C2C2(CCNCC2)C2OC(=O)C34CCCCC3CC3(CCCC3C=CC2C1OC(C)=O)C(=O)N4. The predicted molar refractivity (Wildman–Crippen MR) is 263 cm³/mol. The fourth-order valence-electron chi connectivity index (χ4n) is 17.1. The summed E-state index contributed by atoms with van der Waals surface area (Å²) in [4.78, 5) is 45.0. The third-order valence-corrected chi connectivity index (χ3v) is 20.2. The normalized spacial score (nSPS) is 39.0. The molecule has 0 aromatic heterocycles. The van der Waals surface area contributed by atoms with Crippen LogP contribution in [0.25, 0.3) is 0 Å². The molecule has 1 aromatic rings. The molecule has 5 fully saturated rings. The van der Waals surface area contributed by atoms with Crippen LogP contribution in [0.15, 0.2) is 24.3 Å². The number of phenolic OH excluding ortho intramolecular Hbond substituents is 1. The van der Waals surface area contributed by atoms with Crippen LogP contribution in [0, 0.1) is 69.5 Å². The number of hydrogen-bond donors (Lipinski definition) is 7. The van der Waals surface area contributed by atoms with Gasteiger partial charge in [-0.3, -0.25) is 9.59 Å². The van der Waals surface area contributed by atoms with Gasteiger partial charge in [-0.1, -0.05) is 56.2 Å². The molecule has 3 spiro atoms. The van der Waals surface area contributed by atoms with Crippen molar-refractivity contribution >= 4 is 17.8 Å². The number of allylic oxidation sites excluding steroid dienone is 1. The molecule has 13 heteroatoms. The summed E-state index contributed by atoms with van der Waals surface area (Å²) in [5.41, 5.74) is -1.01. The van der Waals surface area contributed by atoms with Crippen LogP contribution in [0.4, 0.5) is 0 Å². The lowest BCUT2D eigenvalue weighted by molar-refractivity contribution is -0.192. The van der Waals surface area contributed by atoms with Gasteiger partial charge in [0.1, 0.15) is 17.7 Å². The maximum atomic E-state index is 16.1. The molecule has 1 aromatic carbocycles. The Morgan fingerprint density at radius 3 is 2.54 bits per heavy atom. The Bertz CT molecular complexity index is 2210. The Kier molecular flexibility index (Phi) is 14.2. The van der Waals surface area contributed by atoms with E-state index >= 15 is 4.79 Å². The third-order valence-electron chi connectivity index (χ3n) is 20.2. The summed E-state index contributed by atoms with van der Waals surface area (Å²) >= 11 is 0. The van der Waals surface area contributed by atoms with Crippen LogP contribution >= 0.6 is 0 Å². The van der Waals surface area contributed by atoms with Crippen molar-refractivity contribution in [2.75, 3.05) is 39.9 Å². The van der Waals surface area contributed by atoms with E-state index in [1.165, 1.54) is 6.92 Å². The number of benzene rings is 1. The molecule has 5 aliphatic heterocycles. The van der Waals surface area contributed by atoms with Gasteiger partial charge in [-0.2, -0.15) is 0 Å². The molecule has 5 aliphatic carbocycles. The Morgan fingerprint density at radius 1 is 1.01 bits per heavy atom. The van der Waals surface area contributed by atoms with E-state index in [0.29, 0.717) is 89.8 Å². The van der Waals surface area contributed by atoms with Gasteiger partial charge < -0.3 is 50.6 Å². The number of esters is 2. The number of aliphatic hydroxyl groups is 3. The second-order valence-corrected chi connectivity index (χ2v) is 23.9. The van der Waals surface area contributed by atoms with Crippen LogP contribution in [-0.2, 0) is 23.9 Å². The number of likely N-dealkylation sites (N-methyl/N-ethyl adjacent to an activating group) is 1. The second kappa shape index (κ2) is 20.0. The second-order valence-electron chi connectivity index (χ2n) is 23.9. The molecule has 7 N–H and O–H groups in total. The number of piperidine rings is 2. The van der Waals surface area contributed by atoms with Crippen LogP contribution in [0.5, 0.6) is 11.5 Å². The summed E-state index contributed by atoms with van der Waals surface area (Å²) in [6, 6.07) is 3.82. The van der Waals surface area contributed by atoms with Crippen LogP contribution < -0.4 is 20.7 Å². The quantitative estimate of drug-likeness (QED) is 0.0761. The molecule has 10 aliphatic rings. The van der Waals surface area contributed by atoms with Gasteiger partial charge in [-0.25, -0.2) is 4.79 Å². The molecule has 70 heavy (non-hydrogen) atoms. The van der Waals surface area contributed by atoms with Gasteiger partial charge >= 0.3 is 11.9 Å². The fourth-order valence-corrected chi connectivity index (χ4v) is 17.1. The molecule has 384 valence electrons. The van der Waals surface area contributed by atoms with Crippen molar-refractivity contribution in [3.8, 4) is 23.3 Å². The molecule has 0 radical (unpaired) electrons. The van der Waals surface area contributed by atoms with Crippen LogP contribution in [0.3, 0.4) is 0 Å². The highest BCUT2D eigenvalue weighted by Crippen LogP contribution is 2.66. The van der Waals surface area contributed by atoms with Crippen molar-refractivity contribution in [3.05, 3.63) is 35.4 Å². The Balaban J connectivity index is 1.24.